The van der Waals surface area contributed by atoms with Crippen molar-refractivity contribution in [1.29, 1.82) is 0 Å². The van der Waals surface area contributed by atoms with Gasteiger partial charge in [-0.15, -0.1) is 0 Å². The van der Waals surface area contributed by atoms with Crippen molar-refractivity contribution in [2.75, 3.05) is 6.61 Å². The average Bonchev–Trinajstić information content (AvgIpc) is 2.18. The molecule has 0 spiro atoms. The van der Waals surface area contributed by atoms with E-state index in [1.807, 2.05) is 13.8 Å². The summed E-state index contributed by atoms with van der Waals surface area (Å²) in [6.07, 6.45) is 0. The maximum atomic E-state index is 13.3. The van der Waals surface area contributed by atoms with Crippen molar-refractivity contribution >= 4 is 0 Å². The largest absolute Gasteiger partial charge is 0.394 e. The van der Waals surface area contributed by atoms with Crippen LogP contribution in [0.2, 0.25) is 0 Å². The molecule has 0 aliphatic heterocycles. The van der Waals surface area contributed by atoms with Crippen LogP contribution in [-0.4, -0.2) is 17.8 Å². The maximum absolute atomic E-state index is 13.3. The zero-order chi connectivity index (χ0) is 11.4. The van der Waals surface area contributed by atoms with Gasteiger partial charge in [0, 0.05) is 11.6 Å². The molecule has 2 N–H and O–H groups in total. The zero-order valence-corrected chi connectivity index (χ0v) is 8.80. The fraction of sp³-hybridized carbons (Fsp3) is 0.455. The second-order valence-electron chi connectivity index (χ2n) is 3.72. The standard InChI is InChI=1S/C11H15F2NO/c1-7(2)14-11(6-15)9-5-8(12)3-4-10(9)13/h3-5,7,11,14-15H,6H2,1-2H3. The van der Waals surface area contributed by atoms with Crippen molar-refractivity contribution in [2.45, 2.75) is 25.9 Å². The molecule has 1 aromatic carbocycles. The zero-order valence-electron chi connectivity index (χ0n) is 8.80. The molecule has 4 heteroatoms. The van der Waals surface area contributed by atoms with E-state index in [2.05, 4.69) is 5.32 Å². The Kier molecular flexibility index (Phi) is 4.17. The Balaban J connectivity index is 2.95. The van der Waals surface area contributed by atoms with Gasteiger partial charge in [0.05, 0.1) is 12.6 Å². The van der Waals surface area contributed by atoms with Crippen LogP contribution >= 0.6 is 0 Å². The highest BCUT2D eigenvalue weighted by molar-refractivity contribution is 5.22. The smallest absolute Gasteiger partial charge is 0.128 e. The Hall–Kier alpha value is -1.00. The van der Waals surface area contributed by atoms with Crippen molar-refractivity contribution in [3.8, 4) is 0 Å². The molecule has 1 aromatic rings. The fourth-order valence-electron chi connectivity index (χ4n) is 1.42. The van der Waals surface area contributed by atoms with Crippen LogP contribution < -0.4 is 5.32 Å². The van der Waals surface area contributed by atoms with Crippen LogP contribution in [0.4, 0.5) is 8.78 Å². The van der Waals surface area contributed by atoms with Crippen LogP contribution in [0.1, 0.15) is 25.5 Å². The number of rotatable bonds is 4. The molecule has 0 bridgehead atoms. The van der Waals surface area contributed by atoms with Crippen molar-refractivity contribution in [2.24, 2.45) is 0 Å². The molecular formula is C11H15F2NO. The van der Waals surface area contributed by atoms with Gasteiger partial charge in [-0.3, -0.25) is 0 Å². The van der Waals surface area contributed by atoms with E-state index in [-0.39, 0.29) is 18.2 Å². The Morgan fingerprint density at radius 3 is 2.53 bits per heavy atom. The summed E-state index contributed by atoms with van der Waals surface area (Å²) < 4.78 is 26.2. The highest BCUT2D eigenvalue weighted by Gasteiger charge is 2.16. The molecule has 0 aliphatic rings. The van der Waals surface area contributed by atoms with Crippen LogP contribution in [0.3, 0.4) is 0 Å². The lowest BCUT2D eigenvalue weighted by Crippen LogP contribution is -2.31. The first kappa shape index (κ1) is 12.1. The Labute approximate surface area is 87.9 Å². The lowest BCUT2D eigenvalue weighted by atomic mass is 10.1. The predicted molar refractivity (Wildman–Crippen MR) is 54.5 cm³/mol. The molecule has 1 unspecified atom stereocenters. The highest BCUT2D eigenvalue weighted by atomic mass is 19.1. The molecular weight excluding hydrogens is 200 g/mol. The Bertz CT molecular complexity index is 328. The van der Waals surface area contributed by atoms with E-state index in [9.17, 15) is 8.78 Å². The van der Waals surface area contributed by atoms with Crippen LogP contribution in [-0.2, 0) is 0 Å². The van der Waals surface area contributed by atoms with E-state index in [1.165, 1.54) is 0 Å². The second-order valence-corrected chi connectivity index (χ2v) is 3.72. The highest BCUT2D eigenvalue weighted by Crippen LogP contribution is 2.18. The molecule has 0 radical (unpaired) electrons. The predicted octanol–water partition coefficient (Wildman–Crippen LogP) is 2.00. The maximum Gasteiger partial charge on any atom is 0.128 e. The van der Waals surface area contributed by atoms with Gasteiger partial charge in [-0.2, -0.15) is 0 Å². The molecule has 0 saturated heterocycles. The third-order valence-corrected chi connectivity index (χ3v) is 2.05. The summed E-state index contributed by atoms with van der Waals surface area (Å²) in [5, 5.41) is 12.0. The number of aliphatic hydroxyl groups excluding tert-OH is 1. The molecule has 2 nitrogen and oxygen atoms in total. The molecule has 0 aromatic heterocycles. The van der Waals surface area contributed by atoms with Crippen LogP contribution in [0.15, 0.2) is 18.2 Å². The first-order valence-corrected chi connectivity index (χ1v) is 4.86. The Morgan fingerprint density at radius 2 is 2.00 bits per heavy atom. The minimum absolute atomic E-state index is 0.0878. The van der Waals surface area contributed by atoms with Crippen LogP contribution in [0.5, 0.6) is 0 Å². The second kappa shape index (κ2) is 5.19. The first-order valence-electron chi connectivity index (χ1n) is 4.86. The number of aliphatic hydroxyl groups is 1. The third kappa shape index (κ3) is 3.25. The molecule has 1 rings (SSSR count). The van der Waals surface area contributed by atoms with E-state index in [0.29, 0.717) is 0 Å². The van der Waals surface area contributed by atoms with Gasteiger partial charge in [-0.25, -0.2) is 8.78 Å². The summed E-state index contributed by atoms with van der Waals surface area (Å²) in [5.41, 5.74) is 0.159. The van der Waals surface area contributed by atoms with Gasteiger partial charge in [0.2, 0.25) is 0 Å². The van der Waals surface area contributed by atoms with Gasteiger partial charge in [0.25, 0.3) is 0 Å². The molecule has 1 atom stereocenters. The number of nitrogens with one attached hydrogen (secondary N) is 1. The van der Waals surface area contributed by atoms with Crippen LogP contribution in [0.25, 0.3) is 0 Å². The van der Waals surface area contributed by atoms with E-state index in [4.69, 9.17) is 5.11 Å². The monoisotopic (exact) mass is 215 g/mol. The van der Waals surface area contributed by atoms with E-state index in [0.717, 1.165) is 18.2 Å². The van der Waals surface area contributed by atoms with Crippen LogP contribution in [0, 0.1) is 11.6 Å². The summed E-state index contributed by atoms with van der Waals surface area (Å²) >= 11 is 0. The normalized spacial score (nSPS) is 13.2. The van der Waals surface area contributed by atoms with E-state index in [1.54, 1.807) is 0 Å². The van der Waals surface area contributed by atoms with Gasteiger partial charge in [-0.1, -0.05) is 13.8 Å². The lowest BCUT2D eigenvalue weighted by Gasteiger charge is -2.19. The quantitative estimate of drug-likeness (QED) is 0.805. The Morgan fingerprint density at radius 1 is 1.33 bits per heavy atom. The summed E-state index contributed by atoms with van der Waals surface area (Å²) in [5.74, 6) is -1.01. The molecule has 0 heterocycles. The van der Waals surface area contributed by atoms with Crippen molar-refractivity contribution in [3.63, 3.8) is 0 Å². The average molecular weight is 215 g/mol. The van der Waals surface area contributed by atoms with Gasteiger partial charge in [-0.05, 0) is 18.2 Å². The lowest BCUT2D eigenvalue weighted by molar-refractivity contribution is 0.234. The van der Waals surface area contributed by atoms with Crippen molar-refractivity contribution in [3.05, 3.63) is 35.4 Å². The number of halogens is 2. The summed E-state index contributed by atoms with van der Waals surface area (Å²) in [6, 6.07) is 2.74. The van der Waals surface area contributed by atoms with Gasteiger partial charge < -0.3 is 10.4 Å². The molecule has 0 saturated carbocycles. The minimum atomic E-state index is -0.569. The molecule has 0 fully saturated rings. The van der Waals surface area contributed by atoms with E-state index < -0.39 is 17.7 Å². The summed E-state index contributed by atoms with van der Waals surface area (Å²) in [6.45, 7) is 3.48. The van der Waals surface area contributed by atoms with Gasteiger partial charge in [0.15, 0.2) is 0 Å². The third-order valence-electron chi connectivity index (χ3n) is 2.05. The molecule has 15 heavy (non-hydrogen) atoms. The molecule has 84 valence electrons. The van der Waals surface area contributed by atoms with E-state index >= 15 is 0 Å². The molecule has 0 aliphatic carbocycles. The number of hydrogen-bond donors (Lipinski definition) is 2. The minimum Gasteiger partial charge on any atom is -0.394 e. The number of hydrogen-bond acceptors (Lipinski definition) is 2. The summed E-state index contributed by atoms with van der Waals surface area (Å²) in [7, 11) is 0. The molecule has 0 amide bonds. The summed E-state index contributed by atoms with van der Waals surface area (Å²) in [4.78, 5) is 0. The van der Waals surface area contributed by atoms with Crippen molar-refractivity contribution in [1.82, 2.24) is 5.32 Å². The van der Waals surface area contributed by atoms with Gasteiger partial charge in [0.1, 0.15) is 11.6 Å². The number of benzene rings is 1. The topological polar surface area (TPSA) is 32.3 Å². The first-order chi connectivity index (χ1) is 7.04. The van der Waals surface area contributed by atoms with Crippen molar-refractivity contribution < 1.29 is 13.9 Å². The SMILES string of the molecule is CC(C)NC(CO)c1cc(F)ccc1F. The van der Waals surface area contributed by atoms with Gasteiger partial charge >= 0.3 is 0 Å². The fourth-order valence-corrected chi connectivity index (χ4v) is 1.42.